The highest BCUT2D eigenvalue weighted by atomic mass is 16.5. The second-order valence-electron chi connectivity index (χ2n) is 4.36. The molecule has 0 aromatic heterocycles. The fourth-order valence-electron chi connectivity index (χ4n) is 1.99. The van der Waals surface area contributed by atoms with Gasteiger partial charge in [-0.3, -0.25) is 4.79 Å². The summed E-state index contributed by atoms with van der Waals surface area (Å²) in [6.07, 6.45) is 4.92. The first-order valence-electron chi connectivity index (χ1n) is 5.58. The predicted molar refractivity (Wildman–Crippen MR) is 57.4 cm³/mol. The van der Waals surface area contributed by atoms with Crippen LogP contribution in [0.2, 0.25) is 0 Å². The smallest absolute Gasteiger partial charge is 0.325 e. The van der Waals surface area contributed by atoms with Gasteiger partial charge >= 0.3 is 5.97 Å². The number of hydrogen-bond donors (Lipinski definition) is 1. The zero-order chi connectivity index (χ0) is 11.3. The highest BCUT2D eigenvalue weighted by Gasteiger charge is 2.21. The molecule has 0 radical (unpaired) electrons. The van der Waals surface area contributed by atoms with Crippen molar-refractivity contribution in [2.75, 3.05) is 13.7 Å². The molecule has 1 aliphatic carbocycles. The van der Waals surface area contributed by atoms with Crippen molar-refractivity contribution >= 4 is 5.97 Å². The summed E-state index contributed by atoms with van der Waals surface area (Å²) < 4.78 is 10.1. The summed E-state index contributed by atoms with van der Waals surface area (Å²) in [7, 11) is 1.34. The fourth-order valence-corrected chi connectivity index (χ4v) is 1.99. The second kappa shape index (κ2) is 6.08. The Morgan fingerprint density at radius 2 is 2.27 bits per heavy atom. The van der Waals surface area contributed by atoms with Crippen LogP contribution >= 0.6 is 0 Å². The summed E-state index contributed by atoms with van der Waals surface area (Å²) in [5.41, 5.74) is 5.58. The first-order chi connectivity index (χ1) is 7.13. The molecule has 88 valence electrons. The lowest BCUT2D eigenvalue weighted by Gasteiger charge is -2.27. The van der Waals surface area contributed by atoms with Gasteiger partial charge in [0.15, 0.2) is 0 Å². The van der Waals surface area contributed by atoms with Crippen LogP contribution in [-0.2, 0) is 14.3 Å². The third-order valence-corrected chi connectivity index (χ3v) is 2.90. The summed E-state index contributed by atoms with van der Waals surface area (Å²) in [5.74, 6) is 0.317. The zero-order valence-electron chi connectivity index (χ0n) is 9.57. The number of carbonyl (C=O) groups excluding carboxylic acids is 1. The van der Waals surface area contributed by atoms with Crippen molar-refractivity contribution in [1.82, 2.24) is 0 Å². The minimum atomic E-state index is -0.646. The van der Waals surface area contributed by atoms with Crippen molar-refractivity contribution in [3.8, 4) is 0 Å². The van der Waals surface area contributed by atoms with Crippen LogP contribution < -0.4 is 5.73 Å². The molecule has 0 aliphatic heterocycles. The molecule has 1 aliphatic rings. The van der Waals surface area contributed by atoms with Gasteiger partial charge in [0.1, 0.15) is 6.04 Å². The number of esters is 1. The predicted octanol–water partition coefficient (Wildman–Crippen LogP) is 1.08. The first kappa shape index (κ1) is 12.5. The number of ether oxygens (including phenoxy) is 2. The fraction of sp³-hybridized carbons (Fsp3) is 0.909. The largest absolute Gasteiger partial charge is 0.468 e. The van der Waals surface area contributed by atoms with E-state index in [2.05, 4.69) is 11.7 Å². The van der Waals surface area contributed by atoms with Crippen molar-refractivity contribution in [2.45, 2.75) is 44.8 Å². The minimum Gasteiger partial charge on any atom is -0.468 e. The number of rotatable bonds is 4. The van der Waals surface area contributed by atoms with Crippen LogP contribution in [0.5, 0.6) is 0 Å². The van der Waals surface area contributed by atoms with E-state index in [1.165, 1.54) is 20.0 Å². The standard InChI is InChI=1S/C11H21NO3/c1-8-4-3-5-9(6-8)15-7-10(12)11(13)14-2/h8-10H,3-7,12H2,1-2H3. The molecule has 15 heavy (non-hydrogen) atoms. The molecule has 1 saturated carbocycles. The van der Waals surface area contributed by atoms with Crippen molar-refractivity contribution in [3.63, 3.8) is 0 Å². The van der Waals surface area contributed by atoms with Crippen molar-refractivity contribution in [3.05, 3.63) is 0 Å². The maximum absolute atomic E-state index is 11.0. The average Bonchev–Trinajstić information content (AvgIpc) is 2.25. The van der Waals surface area contributed by atoms with Gasteiger partial charge in [-0.05, 0) is 18.8 Å². The highest BCUT2D eigenvalue weighted by Crippen LogP contribution is 2.25. The monoisotopic (exact) mass is 215 g/mol. The molecule has 3 atom stereocenters. The molecule has 3 unspecified atom stereocenters. The van der Waals surface area contributed by atoms with Crippen molar-refractivity contribution in [2.24, 2.45) is 11.7 Å². The van der Waals surface area contributed by atoms with Crippen LogP contribution in [0.4, 0.5) is 0 Å². The quantitative estimate of drug-likeness (QED) is 0.713. The SMILES string of the molecule is COC(=O)C(N)COC1CCCC(C)C1. The lowest BCUT2D eigenvalue weighted by Crippen LogP contribution is -2.38. The molecule has 0 bridgehead atoms. The number of hydrogen-bond acceptors (Lipinski definition) is 4. The average molecular weight is 215 g/mol. The molecule has 2 N–H and O–H groups in total. The second-order valence-corrected chi connectivity index (χ2v) is 4.36. The first-order valence-corrected chi connectivity index (χ1v) is 5.58. The Morgan fingerprint density at radius 3 is 2.87 bits per heavy atom. The van der Waals surface area contributed by atoms with Crippen LogP contribution in [0.1, 0.15) is 32.6 Å². The number of nitrogens with two attached hydrogens (primary N) is 1. The van der Waals surface area contributed by atoms with Crippen molar-refractivity contribution in [1.29, 1.82) is 0 Å². The molecule has 0 saturated heterocycles. The Balaban J connectivity index is 2.21. The van der Waals surface area contributed by atoms with Gasteiger partial charge in [0.2, 0.25) is 0 Å². The van der Waals surface area contributed by atoms with Crippen LogP contribution in [0.25, 0.3) is 0 Å². The summed E-state index contributed by atoms with van der Waals surface area (Å²) >= 11 is 0. The normalized spacial score (nSPS) is 28.5. The van der Waals surface area contributed by atoms with Gasteiger partial charge in [-0.25, -0.2) is 0 Å². The summed E-state index contributed by atoms with van der Waals surface area (Å²) in [5, 5.41) is 0. The molecule has 4 nitrogen and oxygen atoms in total. The lowest BCUT2D eigenvalue weighted by atomic mass is 9.89. The Hall–Kier alpha value is -0.610. The zero-order valence-corrected chi connectivity index (χ0v) is 9.57. The summed E-state index contributed by atoms with van der Waals surface area (Å²) in [6.45, 7) is 2.50. The van der Waals surface area contributed by atoms with E-state index in [1.54, 1.807) is 0 Å². The maximum Gasteiger partial charge on any atom is 0.325 e. The molecule has 4 heteroatoms. The topological polar surface area (TPSA) is 61.5 Å². The van der Waals surface area contributed by atoms with E-state index in [1.807, 2.05) is 0 Å². The van der Waals surface area contributed by atoms with Crippen LogP contribution in [0.15, 0.2) is 0 Å². The highest BCUT2D eigenvalue weighted by molar-refractivity contribution is 5.75. The maximum atomic E-state index is 11.0. The molecule has 1 fully saturated rings. The Kier molecular flexibility index (Phi) is 5.05. The van der Waals surface area contributed by atoms with Crippen LogP contribution in [0.3, 0.4) is 0 Å². The molecule has 0 amide bonds. The van der Waals surface area contributed by atoms with Crippen molar-refractivity contribution < 1.29 is 14.3 Å². The van der Waals surface area contributed by atoms with Crippen LogP contribution in [0, 0.1) is 5.92 Å². The van der Waals surface area contributed by atoms with E-state index in [4.69, 9.17) is 10.5 Å². The number of methoxy groups -OCH3 is 1. The van der Waals surface area contributed by atoms with Crippen LogP contribution in [-0.4, -0.2) is 31.8 Å². The van der Waals surface area contributed by atoms with E-state index < -0.39 is 12.0 Å². The number of carbonyl (C=O) groups is 1. The molecule has 0 spiro atoms. The van der Waals surface area contributed by atoms with E-state index >= 15 is 0 Å². The molecule has 0 aromatic rings. The van der Waals surface area contributed by atoms with E-state index in [-0.39, 0.29) is 12.7 Å². The van der Waals surface area contributed by atoms with Gasteiger partial charge in [-0.15, -0.1) is 0 Å². The van der Waals surface area contributed by atoms with Gasteiger partial charge in [-0.2, -0.15) is 0 Å². The van der Waals surface area contributed by atoms with E-state index in [9.17, 15) is 4.79 Å². The van der Waals surface area contributed by atoms with Gasteiger partial charge in [0, 0.05) is 0 Å². The Bertz CT molecular complexity index is 208. The summed E-state index contributed by atoms with van der Waals surface area (Å²) in [4.78, 5) is 11.0. The third kappa shape index (κ3) is 4.18. The van der Waals surface area contributed by atoms with Gasteiger partial charge < -0.3 is 15.2 Å². The molecule has 1 rings (SSSR count). The van der Waals surface area contributed by atoms with Gasteiger partial charge in [-0.1, -0.05) is 19.8 Å². The molecular weight excluding hydrogens is 194 g/mol. The summed E-state index contributed by atoms with van der Waals surface area (Å²) in [6, 6.07) is -0.646. The lowest BCUT2D eigenvalue weighted by molar-refractivity contribution is -0.144. The van der Waals surface area contributed by atoms with E-state index in [0.29, 0.717) is 0 Å². The Morgan fingerprint density at radius 1 is 1.53 bits per heavy atom. The third-order valence-electron chi connectivity index (χ3n) is 2.90. The molecular formula is C11H21NO3. The molecule has 0 heterocycles. The van der Waals surface area contributed by atoms with E-state index in [0.717, 1.165) is 18.8 Å². The minimum absolute atomic E-state index is 0.268. The van der Waals surface area contributed by atoms with Gasteiger partial charge in [0.25, 0.3) is 0 Å². The van der Waals surface area contributed by atoms with Gasteiger partial charge in [0.05, 0.1) is 19.8 Å². The Labute approximate surface area is 91.1 Å². The molecule has 0 aromatic carbocycles.